The van der Waals surface area contributed by atoms with Crippen LogP contribution in [0.1, 0.15) is 33.4 Å². The molecule has 10 aromatic carbocycles. The molecule has 2 aromatic heterocycles. The minimum Gasteiger partial charge on any atom is -0.309 e. The summed E-state index contributed by atoms with van der Waals surface area (Å²) in [6.07, 6.45) is -4.88. The highest BCUT2D eigenvalue weighted by atomic mass is 19.4. The molecule has 0 saturated carbocycles. The Hall–Kier alpha value is -11.0. The fourth-order valence-corrected chi connectivity index (χ4v) is 10.8. The Balaban J connectivity index is 1.18. The smallest absolute Gasteiger partial charge is 0.309 e. The predicted molar refractivity (Wildman–Crippen MR) is 291 cm³/mol. The maximum atomic E-state index is 16.1. The number of nitriles is 5. The third-order valence-corrected chi connectivity index (χ3v) is 14.2. The summed E-state index contributed by atoms with van der Waals surface area (Å²) in [5.74, 6) is 0. The molecule has 0 N–H and O–H groups in total. The molecule has 0 atom stereocenters. The second kappa shape index (κ2) is 18.3. The second-order valence-electron chi connectivity index (χ2n) is 18.3. The summed E-state index contributed by atoms with van der Waals surface area (Å²) in [5.41, 5.74) is 9.94. The molecule has 0 amide bonds. The van der Waals surface area contributed by atoms with E-state index in [-0.39, 0.29) is 16.8 Å². The largest absolute Gasteiger partial charge is 0.418 e. The van der Waals surface area contributed by atoms with Gasteiger partial charge < -0.3 is 9.13 Å². The molecule has 0 spiro atoms. The topological polar surface area (TPSA) is 129 Å². The van der Waals surface area contributed by atoms with Crippen LogP contribution in [-0.2, 0) is 6.18 Å². The van der Waals surface area contributed by atoms with Gasteiger partial charge in [0.15, 0.2) is 0 Å². The van der Waals surface area contributed by atoms with Crippen LogP contribution in [0.5, 0.6) is 0 Å². The van der Waals surface area contributed by atoms with E-state index in [0.717, 1.165) is 39.1 Å². The van der Waals surface area contributed by atoms with Gasteiger partial charge in [-0.15, -0.1) is 0 Å². The van der Waals surface area contributed by atoms with Gasteiger partial charge in [0.1, 0.15) is 0 Å². The Morgan fingerprint density at radius 1 is 0.316 bits per heavy atom. The molecule has 0 saturated heterocycles. The van der Waals surface area contributed by atoms with Crippen molar-refractivity contribution in [2.45, 2.75) is 6.18 Å². The van der Waals surface area contributed by atoms with Gasteiger partial charge in [0.2, 0.25) is 0 Å². The zero-order valence-electron chi connectivity index (χ0n) is 39.9. The molecule has 0 unspecified atom stereocenters. The number of fused-ring (bicyclic) bond motifs is 6. The summed E-state index contributed by atoms with van der Waals surface area (Å²) in [5, 5.41) is 53.9. The van der Waals surface area contributed by atoms with E-state index in [1.165, 1.54) is 6.07 Å². The highest BCUT2D eigenvalue weighted by Crippen LogP contribution is 2.48. The van der Waals surface area contributed by atoms with Crippen molar-refractivity contribution in [3.63, 3.8) is 0 Å². The average molecular weight is 982 g/mol. The molecule has 354 valence electrons. The van der Waals surface area contributed by atoms with Crippen LogP contribution in [0.15, 0.2) is 206 Å². The monoisotopic (exact) mass is 981 g/mol. The number of hydrogen-bond acceptors (Lipinski definition) is 5. The van der Waals surface area contributed by atoms with E-state index in [2.05, 4.69) is 30.3 Å². The van der Waals surface area contributed by atoms with Crippen molar-refractivity contribution in [1.29, 1.82) is 26.3 Å². The molecule has 12 rings (SSSR count). The summed E-state index contributed by atoms with van der Waals surface area (Å²) in [6, 6.07) is 72.2. The van der Waals surface area contributed by atoms with Crippen LogP contribution in [0.25, 0.3) is 111 Å². The fraction of sp³-hybridized carbons (Fsp3) is 0.0152. The number of aromatic nitrogens is 2. The molecule has 10 heteroatoms. The third-order valence-electron chi connectivity index (χ3n) is 14.2. The van der Waals surface area contributed by atoms with E-state index < -0.39 is 11.7 Å². The number of halogens is 3. The minimum atomic E-state index is -4.88. The van der Waals surface area contributed by atoms with Crippen LogP contribution in [-0.4, -0.2) is 9.13 Å². The van der Waals surface area contributed by atoms with Crippen molar-refractivity contribution >= 4 is 43.6 Å². The van der Waals surface area contributed by atoms with Crippen molar-refractivity contribution in [3.8, 4) is 97.4 Å². The summed E-state index contributed by atoms with van der Waals surface area (Å²) in [7, 11) is 0. The molecule has 2 heterocycles. The van der Waals surface area contributed by atoms with Gasteiger partial charge in [-0.05, 0) is 142 Å². The van der Waals surface area contributed by atoms with Crippen LogP contribution >= 0.6 is 0 Å². The van der Waals surface area contributed by atoms with Crippen molar-refractivity contribution in [1.82, 2.24) is 9.13 Å². The van der Waals surface area contributed by atoms with E-state index in [4.69, 9.17) is 0 Å². The molecule has 0 radical (unpaired) electrons. The zero-order valence-corrected chi connectivity index (χ0v) is 39.9. The Morgan fingerprint density at radius 3 is 1.03 bits per heavy atom. The number of rotatable bonds is 7. The van der Waals surface area contributed by atoms with Crippen molar-refractivity contribution in [2.24, 2.45) is 0 Å². The van der Waals surface area contributed by atoms with Gasteiger partial charge in [0.25, 0.3) is 0 Å². The Bertz CT molecular complexity index is 4420. The molecular weight excluding hydrogens is 948 g/mol. The number of hydrogen-bond donors (Lipinski definition) is 0. The standard InChI is InChI=1S/C66H34F3N7/c67-66(68,69)59-19-9-18-53(65(59)76-63-28-23-43(51-16-7-3-12-47(51)38-73)33-57(63)58-34-44(24-29-64(58)76)52-17-8-4-13-48(52)39-74)54-30-40(35-70)20-25-60(54)75-61-26-21-41(49-14-5-1-10-45(49)36-71)31-55(61)56-32-42(22-27-62(56)75)50-15-6-2-11-46(50)37-72/h1-34H. The Labute approximate surface area is 433 Å². The van der Waals surface area contributed by atoms with Crippen LogP contribution in [0.4, 0.5) is 13.2 Å². The summed E-state index contributed by atoms with van der Waals surface area (Å²) < 4.78 is 51.9. The molecule has 0 fully saturated rings. The van der Waals surface area contributed by atoms with E-state index >= 15 is 13.2 Å². The van der Waals surface area contributed by atoms with Gasteiger partial charge in [0.05, 0.1) is 97.2 Å². The fourth-order valence-electron chi connectivity index (χ4n) is 10.8. The molecule has 0 aliphatic heterocycles. The number of benzene rings is 10. The van der Waals surface area contributed by atoms with Gasteiger partial charge in [-0.3, -0.25) is 0 Å². The predicted octanol–water partition coefficient (Wildman–Crippen LogP) is 16.6. The number of alkyl halides is 3. The highest BCUT2D eigenvalue weighted by Gasteiger charge is 2.37. The van der Waals surface area contributed by atoms with E-state index in [0.29, 0.717) is 88.6 Å². The highest BCUT2D eigenvalue weighted by molar-refractivity contribution is 6.14. The molecule has 0 bridgehead atoms. The average Bonchev–Trinajstić information content (AvgIpc) is 4.11. The van der Waals surface area contributed by atoms with Crippen LogP contribution in [0.2, 0.25) is 0 Å². The lowest BCUT2D eigenvalue weighted by molar-refractivity contribution is -0.137. The lowest BCUT2D eigenvalue weighted by Gasteiger charge is -2.22. The van der Waals surface area contributed by atoms with Gasteiger partial charge in [-0.1, -0.05) is 109 Å². The van der Waals surface area contributed by atoms with Gasteiger partial charge >= 0.3 is 6.18 Å². The van der Waals surface area contributed by atoms with Gasteiger partial charge in [-0.2, -0.15) is 39.5 Å². The van der Waals surface area contributed by atoms with Crippen molar-refractivity contribution in [2.75, 3.05) is 0 Å². The molecule has 76 heavy (non-hydrogen) atoms. The second-order valence-corrected chi connectivity index (χ2v) is 18.3. The molecule has 7 nitrogen and oxygen atoms in total. The first kappa shape index (κ1) is 46.1. The van der Waals surface area contributed by atoms with E-state index in [1.54, 1.807) is 89.5 Å². The lowest BCUT2D eigenvalue weighted by atomic mass is 9.95. The number of para-hydroxylation sites is 1. The third kappa shape index (κ3) is 7.49. The summed E-state index contributed by atoms with van der Waals surface area (Å²) >= 11 is 0. The quantitative estimate of drug-likeness (QED) is 0.157. The molecular formula is C66H34F3N7. The molecule has 0 aliphatic rings. The minimum absolute atomic E-state index is 0.173. The summed E-state index contributed by atoms with van der Waals surface area (Å²) in [4.78, 5) is 0. The van der Waals surface area contributed by atoms with Crippen molar-refractivity contribution < 1.29 is 13.2 Å². The van der Waals surface area contributed by atoms with Gasteiger partial charge in [0, 0.05) is 32.7 Å². The van der Waals surface area contributed by atoms with E-state index in [9.17, 15) is 26.3 Å². The first-order valence-corrected chi connectivity index (χ1v) is 24.0. The maximum Gasteiger partial charge on any atom is 0.418 e. The van der Waals surface area contributed by atoms with Crippen LogP contribution in [0, 0.1) is 56.7 Å². The SMILES string of the molecule is N#Cc1ccc(-n2c3ccc(-c4ccccc4C#N)cc3c3cc(-c4ccccc4C#N)ccc32)c(-c2cccc(C(F)(F)F)c2-n2c3ccc(-c4ccccc4C#N)cc3c3cc(-c4ccccc4C#N)ccc32)c1. The molecule has 12 aromatic rings. The number of nitrogens with zero attached hydrogens (tertiary/aromatic N) is 7. The van der Waals surface area contributed by atoms with Gasteiger partial charge in [-0.25, -0.2) is 0 Å². The van der Waals surface area contributed by atoms with E-state index in [1.807, 2.05) is 114 Å². The Morgan fingerprint density at radius 2 is 0.671 bits per heavy atom. The van der Waals surface area contributed by atoms with Crippen LogP contribution < -0.4 is 0 Å². The van der Waals surface area contributed by atoms with Crippen LogP contribution in [0.3, 0.4) is 0 Å². The maximum absolute atomic E-state index is 16.1. The lowest BCUT2D eigenvalue weighted by Crippen LogP contribution is -2.12. The Kier molecular flexibility index (Phi) is 11.1. The molecule has 0 aliphatic carbocycles. The van der Waals surface area contributed by atoms with Crippen molar-refractivity contribution in [3.05, 3.63) is 240 Å². The zero-order chi connectivity index (χ0) is 52.2. The summed E-state index contributed by atoms with van der Waals surface area (Å²) in [6.45, 7) is 0. The first-order valence-electron chi connectivity index (χ1n) is 24.0. The first-order chi connectivity index (χ1) is 37.1. The normalized spacial score (nSPS) is 11.3.